The Labute approximate surface area is 76.5 Å². The molecule has 0 aliphatic carbocycles. The number of halogens is 4. The van der Waals surface area contributed by atoms with Gasteiger partial charge in [-0.25, -0.2) is 13.2 Å². The molecule has 0 nitrogen and oxygen atoms in total. The van der Waals surface area contributed by atoms with Crippen molar-refractivity contribution in [2.24, 2.45) is 0 Å². The maximum Gasteiger partial charge on any atom is 0.265 e. The number of alkyl halides is 2. The average molecular weight is 239 g/mol. The number of rotatable bonds is 1. The maximum absolute atomic E-state index is 12.8. The molecular formula is C8H6BrF3. The van der Waals surface area contributed by atoms with E-state index in [1.54, 1.807) is 0 Å². The molecule has 0 heterocycles. The molecule has 0 unspecified atom stereocenters. The number of hydrogen-bond donors (Lipinski definition) is 0. The molecule has 1 rings (SSSR count). The molecule has 0 amide bonds. The predicted molar refractivity (Wildman–Crippen MR) is 43.8 cm³/mol. The van der Waals surface area contributed by atoms with Crippen LogP contribution in [0.15, 0.2) is 16.6 Å². The normalized spacial score (nSPS) is 10.8. The van der Waals surface area contributed by atoms with Gasteiger partial charge in [0.2, 0.25) is 0 Å². The highest BCUT2D eigenvalue weighted by Crippen LogP contribution is 2.29. The van der Waals surface area contributed by atoms with E-state index in [9.17, 15) is 13.2 Å². The third-order valence-corrected chi connectivity index (χ3v) is 2.20. The summed E-state index contributed by atoms with van der Waals surface area (Å²) in [5.74, 6) is -0.603. The average Bonchev–Trinajstić information content (AvgIpc) is 1.96. The van der Waals surface area contributed by atoms with Crippen molar-refractivity contribution in [3.63, 3.8) is 0 Å². The van der Waals surface area contributed by atoms with E-state index in [1.807, 2.05) is 0 Å². The molecule has 0 aliphatic heterocycles. The number of aryl methyl sites for hydroxylation is 1. The molecule has 0 bridgehead atoms. The molecule has 12 heavy (non-hydrogen) atoms. The molecule has 0 aliphatic rings. The van der Waals surface area contributed by atoms with Gasteiger partial charge in [-0.2, -0.15) is 0 Å². The van der Waals surface area contributed by atoms with E-state index in [0.717, 1.165) is 6.07 Å². The second kappa shape index (κ2) is 3.47. The van der Waals surface area contributed by atoms with Crippen LogP contribution in [0.3, 0.4) is 0 Å². The first-order valence-electron chi connectivity index (χ1n) is 3.26. The standard InChI is InChI=1S/C8H6BrF3/c1-4-2-6(9)5(8(11)12)3-7(4)10/h2-3,8H,1H3. The van der Waals surface area contributed by atoms with E-state index >= 15 is 0 Å². The Hall–Kier alpha value is -0.510. The minimum Gasteiger partial charge on any atom is -0.207 e. The van der Waals surface area contributed by atoms with Crippen molar-refractivity contribution < 1.29 is 13.2 Å². The highest BCUT2D eigenvalue weighted by molar-refractivity contribution is 9.10. The molecular weight excluding hydrogens is 233 g/mol. The van der Waals surface area contributed by atoms with Gasteiger partial charge in [0.15, 0.2) is 0 Å². The summed E-state index contributed by atoms with van der Waals surface area (Å²) >= 11 is 2.94. The third kappa shape index (κ3) is 1.80. The van der Waals surface area contributed by atoms with Crippen LogP contribution in [0.25, 0.3) is 0 Å². The third-order valence-electron chi connectivity index (χ3n) is 1.51. The molecule has 0 spiro atoms. The van der Waals surface area contributed by atoms with E-state index in [-0.39, 0.29) is 10.0 Å². The largest absolute Gasteiger partial charge is 0.265 e. The van der Waals surface area contributed by atoms with Crippen molar-refractivity contribution >= 4 is 15.9 Å². The summed E-state index contributed by atoms with van der Waals surface area (Å²) in [6, 6.07) is 2.20. The maximum atomic E-state index is 12.8. The number of benzene rings is 1. The molecule has 66 valence electrons. The molecule has 0 saturated heterocycles. The fraction of sp³-hybridized carbons (Fsp3) is 0.250. The van der Waals surface area contributed by atoms with Crippen LogP contribution in [-0.2, 0) is 0 Å². The van der Waals surface area contributed by atoms with Crippen LogP contribution >= 0.6 is 15.9 Å². The molecule has 0 N–H and O–H groups in total. The fourth-order valence-corrected chi connectivity index (χ4v) is 1.46. The Balaban J connectivity index is 3.23. The SMILES string of the molecule is Cc1cc(Br)c(C(F)F)cc1F. The molecule has 1 aromatic carbocycles. The molecule has 0 saturated carbocycles. The Morgan fingerprint density at radius 3 is 2.42 bits per heavy atom. The molecule has 0 fully saturated rings. The zero-order valence-corrected chi connectivity index (χ0v) is 7.83. The Morgan fingerprint density at radius 2 is 1.92 bits per heavy atom. The first-order chi connectivity index (χ1) is 5.52. The monoisotopic (exact) mass is 238 g/mol. The van der Waals surface area contributed by atoms with Gasteiger partial charge in [0.1, 0.15) is 5.82 Å². The van der Waals surface area contributed by atoms with Gasteiger partial charge in [-0.1, -0.05) is 15.9 Å². The minimum atomic E-state index is -2.64. The molecule has 0 atom stereocenters. The number of hydrogen-bond acceptors (Lipinski definition) is 0. The fourth-order valence-electron chi connectivity index (χ4n) is 0.829. The summed E-state index contributed by atoms with van der Waals surface area (Å²) in [5, 5.41) is 0. The van der Waals surface area contributed by atoms with Crippen molar-refractivity contribution in [2.75, 3.05) is 0 Å². The van der Waals surface area contributed by atoms with Crippen LogP contribution in [-0.4, -0.2) is 0 Å². The second-order valence-electron chi connectivity index (χ2n) is 2.42. The lowest BCUT2D eigenvalue weighted by atomic mass is 10.1. The topological polar surface area (TPSA) is 0 Å². The van der Waals surface area contributed by atoms with Crippen molar-refractivity contribution in [2.45, 2.75) is 13.3 Å². The van der Waals surface area contributed by atoms with Crippen molar-refractivity contribution in [1.29, 1.82) is 0 Å². The molecule has 0 aromatic heterocycles. The highest BCUT2D eigenvalue weighted by Gasteiger charge is 2.13. The second-order valence-corrected chi connectivity index (χ2v) is 3.28. The van der Waals surface area contributed by atoms with Crippen LogP contribution < -0.4 is 0 Å². The van der Waals surface area contributed by atoms with Crippen molar-refractivity contribution in [3.8, 4) is 0 Å². The van der Waals surface area contributed by atoms with E-state index in [0.29, 0.717) is 5.56 Å². The summed E-state index contributed by atoms with van der Waals surface area (Å²) in [6.45, 7) is 1.52. The quantitative estimate of drug-likeness (QED) is 0.698. The van der Waals surface area contributed by atoms with Gasteiger partial charge < -0.3 is 0 Å². The first-order valence-corrected chi connectivity index (χ1v) is 4.05. The van der Waals surface area contributed by atoms with Gasteiger partial charge in [-0.05, 0) is 24.6 Å². The van der Waals surface area contributed by atoms with E-state index in [4.69, 9.17) is 0 Å². The van der Waals surface area contributed by atoms with Crippen LogP contribution in [0.2, 0.25) is 0 Å². The smallest absolute Gasteiger partial charge is 0.207 e. The van der Waals surface area contributed by atoms with Gasteiger partial charge >= 0.3 is 0 Å². The van der Waals surface area contributed by atoms with Gasteiger partial charge in [-0.15, -0.1) is 0 Å². The summed E-state index contributed by atoms with van der Waals surface area (Å²) < 4.78 is 37.3. The lowest BCUT2D eigenvalue weighted by molar-refractivity contribution is 0.150. The van der Waals surface area contributed by atoms with Crippen LogP contribution in [0.5, 0.6) is 0 Å². The van der Waals surface area contributed by atoms with Crippen molar-refractivity contribution in [3.05, 3.63) is 33.5 Å². The Bertz CT molecular complexity index is 297. The summed E-state index contributed by atoms with van der Waals surface area (Å²) in [7, 11) is 0. The summed E-state index contributed by atoms with van der Waals surface area (Å²) in [6.07, 6.45) is -2.64. The first kappa shape index (κ1) is 9.58. The Kier molecular flexibility index (Phi) is 2.77. The predicted octanol–water partition coefficient (Wildman–Crippen LogP) is 3.83. The van der Waals surface area contributed by atoms with Gasteiger partial charge in [0.25, 0.3) is 6.43 Å². The van der Waals surface area contributed by atoms with E-state index in [2.05, 4.69) is 15.9 Å². The van der Waals surface area contributed by atoms with E-state index < -0.39 is 12.2 Å². The van der Waals surface area contributed by atoms with Gasteiger partial charge in [0.05, 0.1) is 0 Å². The lowest BCUT2D eigenvalue weighted by Gasteiger charge is -2.04. The van der Waals surface area contributed by atoms with Gasteiger partial charge in [0, 0.05) is 10.0 Å². The Morgan fingerprint density at radius 1 is 1.33 bits per heavy atom. The van der Waals surface area contributed by atoms with E-state index in [1.165, 1.54) is 13.0 Å². The van der Waals surface area contributed by atoms with Crippen molar-refractivity contribution in [1.82, 2.24) is 0 Å². The summed E-state index contributed by atoms with van der Waals surface area (Å²) in [5.41, 5.74) is 0.0457. The molecule has 4 heteroatoms. The highest BCUT2D eigenvalue weighted by atomic mass is 79.9. The zero-order chi connectivity index (χ0) is 9.30. The summed E-state index contributed by atoms with van der Waals surface area (Å²) in [4.78, 5) is 0. The molecule has 0 radical (unpaired) electrons. The van der Waals surface area contributed by atoms with Gasteiger partial charge in [-0.3, -0.25) is 0 Å². The zero-order valence-electron chi connectivity index (χ0n) is 6.24. The molecule has 1 aromatic rings. The van der Waals surface area contributed by atoms with Crippen LogP contribution in [0.4, 0.5) is 13.2 Å². The van der Waals surface area contributed by atoms with Crippen LogP contribution in [0.1, 0.15) is 17.6 Å². The van der Waals surface area contributed by atoms with Crippen LogP contribution in [0, 0.1) is 12.7 Å². The minimum absolute atomic E-state index is 0.247. The lowest BCUT2D eigenvalue weighted by Crippen LogP contribution is -1.91.